The first kappa shape index (κ1) is 11.7. The van der Waals surface area contributed by atoms with Crippen molar-refractivity contribution in [3.05, 3.63) is 0 Å². The van der Waals surface area contributed by atoms with Crippen LogP contribution in [0, 0.1) is 11.3 Å². The lowest BCUT2D eigenvalue weighted by Crippen LogP contribution is -2.59. The third kappa shape index (κ3) is 1.73. The standard InChI is InChI=1S/C10H16N2O3/c1-10(2,3)6-7(13)11(4)9(15)12(5)8(6)14/h6H,1-5H3. The maximum atomic E-state index is 11.8. The van der Waals surface area contributed by atoms with E-state index in [9.17, 15) is 14.4 Å². The fourth-order valence-electron chi connectivity index (χ4n) is 1.65. The second kappa shape index (κ2) is 3.32. The number of carbonyl (C=O) groups excluding carboxylic acids is 3. The molecule has 5 heteroatoms. The van der Waals surface area contributed by atoms with Crippen LogP contribution in [0.4, 0.5) is 4.79 Å². The summed E-state index contributed by atoms with van der Waals surface area (Å²) in [6, 6.07) is -0.564. The Morgan fingerprint density at radius 2 is 1.27 bits per heavy atom. The minimum Gasteiger partial charge on any atom is -0.273 e. The van der Waals surface area contributed by atoms with E-state index in [0.29, 0.717) is 0 Å². The molecule has 0 atom stereocenters. The molecule has 0 N–H and O–H groups in total. The lowest BCUT2D eigenvalue weighted by Gasteiger charge is -2.38. The van der Waals surface area contributed by atoms with E-state index >= 15 is 0 Å². The van der Waals surface area contributed by atoms with Gasteiger partial charge in [0.05, 0.1) is 0 Å². The zero-order valence-electron chi connectivity index (χ0n) is 9.70. The highest BCUT2D eigenvalue weighted by atomic mass is 16.2. The number of rotatable bonds is 0. The maximum absolute atomic E-state index is 11.8. The fraction of sp³-hybridized carbons (Fsp3) is 0.700. The summed E-state index contributed by atoms with van der Waals surface area (Å²) in [5.41, 5.74) is -0.475. The van der Waals surface area contributed by atoms with Crippen LogP contribution in [-0.4, -0.2) is 41.7 Å². The van der Waals surface area contributed by atoms with Crippen LogP contribution in [0.2, 0.25) is 0 Å². The molecular weight excluding hydrogens is 196 g/mol. The molecule has 1 aliphatic heterocycles. The van der Waals surface area contributed by atoms with Crippen LogP contribution in [-0.2, 0) is 9.59 Å². The van der Waals surface area contributed by atoms with Crippen LogP contribution >= 0.6 is 0 Å². The third-order valence-electron chi connectivity index (χ3n) is 2.59. The topological polar surface area (TPSA) is 57.7 Å². The second-order valence-electron chi connectivity index (χ2n) is 4.88. The van der Waals surface area contributed by atoms with Crippen LogP contribution < -0.4 is 0 Å². The summed E-state index contributed by atoms with van der Waals surface area (Å²) in [5.74, 6) is -1.61. The molecule has 15 heavy (non-hydrogen) atoms. The summed E-state index contributed by atoms with van der Waals surface area (Å²) in [5, 5.41) is 0. The number of carbonyl (C=O) groups is 3. The molecule has 0 spiro atoms. The number of urea groups is 1. The van der Waals surface area contributed by atoms with E-state index in [0.717, 1.165) is 9.80 Å². The summed E-state index contributed by atoms with van der Waals surface area (Å²) < 4.78 is 0. The van der Waals surface area contributed by atoms with Crippen molar-refractivity contribution in [2.45, 2.75) is 20.8 Å². The molecule has 84 valence electrons. The number of hydrogen-bond acceptors (Lipinski definition) is 3. The minimum atomic E-state index is -0.773. The molecule has 0 aromatic carbocycles. The van der Waals surface area contributed by atoms with Gasteiger partial charge in [0, 0.05) is 14.1 Å². The van der Waals surface area contributed by atoms with E-state index in [-0.39, 0.29) is 0 Å². The van der Waals surface area contributed by atoms with Crippen molar-refractivity contribution in [2.24, 2.45) is 11.3 Å². The van der Waals surface area contributed by atoms with Crippen LogP contribution in [0.25, 0.3) is 0 Å². The summed E-state index contributed by atoms with van der Waals surface area (Å²) in [4.78, 5) is 37.0. The number of hydrogen-bond donors (Lipinski definition) is 0. The molecule has 1 fully saturated rings. The third-order valence-corrected chi connectivity index (χ3v) is 2.59. The molecule has 1 rings (SSSR count). The highest BCUT2D eigenvalue weighted by Crippen LogP contribution is 2.31. The molecule has 1 aliphatic rings. The van der Waals surface area contributed by atoms with E-state index < -0.39 is 29.2 Å². The van der Waals surface area contributed by atoms with E-state index in [1.165, 1.54) is 14.1 Å². The van der Waals surface area contributed by atoms with Gasteiger partial charge in [-0.1, -0.05) is 20.8 Å². The van der Waals surface area contributed by atoms with Gasteiger partial charge in [-0.05, 0) is 5.41 Å². The molecule has 0 aromatic heterocycles. The van der Waals surface area contributed by atoms with Gasteiger partial charge in [-0.15, -0.1) is 0 Å². The van der Waals surface area contributed by atoms with Gasteiger partial charge in [0.1, 0.15) is 5.92 Å². The van der Waals surface area contributed by atoms with Gasteiger partial charge >= 0.3 is 6.03 Å². The summed E-state index contributed by atoms with van der Waals surface area (Å²) in [6.45, 7) is 5.43. The van der Waals surface area contributed by atoms with Crippen molar-refractivity contribution in [2.75, 3.05) is 14.1 Å². The summed E-state index contributed by atoms with van der Waals surface area (Å²) >= 11 is 0. The number of barbiturate groups is 1. The predicted octanol–water partition coefficient (Wildman–Crippen LogP) is 0.699. The van der Waals surface area contributed by atoms with Crippen LogP contribution in [0.5, 0.6) is 0 Å². The first-order valence-electron chi connectivity index (χ1n) is 4.77. The van der Waals surface area contributed by atoms with Crippen molar-refractivity contribution in [3.63, 3.8) is 0 Å². The fourth-order valence-corrected chi connectivity index (χ4v) is 1.65. The van der Waals surface area contributed by atoms with E-state index in [1.807, 2.05) is 20.8 Å². The minimum absolute atomic E-state index is 0.421. The van der Waals surface area contributed by atoms with Gasteiger partial charge in [-0.25, -0.2) is 4.79 Å². The highest BCUT2D eigenvalue weighted by molar-refractivity contribution is 6.16. The molecule has 4 amide bonds. The Bertz CT molecular complexity index is 306. The summed E-state index contributed by atoms with van der Waals surface area (Å²) in [7, 11) is 2.79. The largest absolute Gasteiger partial charge is 0.332 e. The zero-order chi connectivity index (χ0) is 12.0. The van der Waals surface area contributed by atoms with E-state index in [1.54, 1.807) is 0 Å². The number of imide groups is 2. The predicted molar refractivity (Wildman–Crippen MR) is 53.9 cm³/mol. The SMILES string of the molecule is CN1C(=O)C(C(C)(C)C)C(=O)N(C)C1=O. The number of amides is 4. The summed E-state index contributed by atoms with van der Waals surface area (Å²) in [6.07, 6.45) is 0. The van der Waals surface area contributed by atoms with Gasteiger partial charge in [-0.3, -0.25) is 19.4 Å². The van der Waals surface area contributed by atoms with Crippen molar-refractivity contribution >= 4 is 17.8 Å². The normalized spacial score (nSPS) is 20.2. The number of nitrogens with zero attached hydrogens (tertiary/aromatic N) is 2. The van der Waals surface area contributed by atoms with Crippen LogP contribution in [0.3, 0.4) is 0 Å². The molecule has 5 nitrogen and oxygen atoms in total. The average Bonchev–Trinajstić information content (AvgIpc) is 2.09. The molecule has 0 unspecified atom stereocenters. The Labute approximate surface area is 89.0 Å². The lowest BCUT2D eigenvalue weighted by molar-refractivity contribution is -0.152. The Morgan fingerprint density at radius 1 is 0.933 bits per heavy atom. The first-order chi connectivity index (χ1) is 6.68. The zero-order valence-corrected chi connectivity index (χ0v) is 9.70. The maximum Gasteiger partial charge on any atom is 0.332 e. The Hall–Kier alpha value is -1.39. The van der Waals surface area contributed by atoms with Gasteiger partial charge in [0.2, 0.25) is 11.8 Å². The van der Waals surface area contributed by atoms with Crippen LogP contribution in [0.15, 0.2) is 0 Å². The monoisotopic (exact) mass is 212 g/mol. The molecule has 1 heterocycles. The van der Waals surface area contributed by atoms with Crippen molar-refractivity contribution in [3.8, 4) is 0 Å². The van der Waals surface area contributed by atoms with Gasteiger partial charge in [-0.2, -0.15) is 0 Å². The van der Waals surface area contributed by atoms with E-state index in [4.69, 9.17) is 0 Å². The van der Waals surface area contributed by atoms with Gasteiger partial charge in [0.15, 0.2) is 0 Å². The highest BCUT2D eigenvalue weighted by Gasteiger charge is 2.47. The second-order valence-corrected chi connectivity index (χ2v) is 4.88. The molecule has 0 radical (unpaired) electrons. The first-order valence-corrected chi connectivity index (χ1v) is 4.77. The molecule has 0 aliphatic carbocycles. The molecular formula is C10H16N2O3. The quantitative estimate of drug-likeness (QED) is 0.555. The van der Waals surface area contributed by atoms with Gasteiger partial charge in [0.25, 0.3) is 0 Å². The smallest absolute Gasteiger partial charge is 0.273 e. The average molecular weight is 212 g/mol. The molecule has 0 aromatic rings. The van der Waals surface area contributed by atoms with Crippen molar-refractivity contribution in [1.82, 2.24) is 9.80 Å². The van der Waals surface area contributed by atoms with Crippen LogP contribution in [0.1, 0.15) is 20.8 Å². The Balaban J connectivity index is 3.14. The Morgan fingerprint density at radius 3 is 1.53 bits per heavy atom. The Kier molecular flexibility index (Phi) is 2.59. The van der Waals surface area contributed by atoms with Gasteiger partial charge < -0.3 is 0 Å². The lowest BCUT2D eigenvalue weighted by atomic mass is 9.78. The van der Waals surface area contributed by atoms with Crippen molar-refractivity contribution in [1.29, 1.82) is 0 Å². The van der Waals surface area contributed by atoms with Crippen molar-refractivity contribution < 1.29 is 14.4 Å². The molecule has 0 bridgehead atoms. The molecule has 0 saturated carbocycles. The van der Waals surface area contributed by atoms with E-state index in [2.05, 4.69) is 0 Å². The molecule has 1 saturated heterocycles.